The van der Waals surface area contributed by atoms with Crippen LogP contribution in [0, 0.1) is 5.92 Å². The lowest BCUT2D eigenvalue weighted by molar-refractivity contribution is 0.0274. The summed E-state index contributed by atoms with van der Waals surface area (Å²) < 4.78 is 0. The largest absolute Gasteiger partial charge is 0.393 e. The second kappa shape index (κ2) is 6.18. The summed E-state index contributed by atoms with van der Waals surface area (Å²) in [5.74, 6) is 0.606. The molecule has 1 aliphatic carbocycles. The standard InChI is InChI=1S/C14H19ClN2OS/c1-17(7-9-4-12(18)5-9)8-11-3-2-10(14(16)19)6-13(11)15/h2-3,6,9,12,18H,4-5,7-8H2,1H3,(H2,16,19). The maximum atomic E-state index is 9.28. The molecule has 0 heterocycles. The minimum Gasteiger partial charge on any atom is -0.393 e. The summed E-state index contributed by atoms with van der Waals surface area (Å²) in [4.78, 5) is 2.60. The first-order valence-electron chi connectivity index (χ1n) is 6.40. The third-order valence-corrected chi connectivity index (χ3v) is 4.15. The number of hydrogen-bond donors (Lipinski definition) is 2. The van der Waals surface area contributed by atoms with Crippen LogP contribution >= 0.6 is 23.8 Å². The average molecular weight is 299 g/mol. The Morgan fingerprint density at radius 2 is 2.21 bits per heavy atom. The van der Waals surface area contributed by atoms with Crippen LogP contribution < -0.4 is 5.73 Å². The van der Waals surface area contributed by atoms with Gasteiger partial charge in [-0.25, -0.2) is 0 Å². The van der Waals surface area contributed by atoms with E-state index in [-0.39, 0.29) is 6.10 Å². The molecule has 19 heavy (non-hydrogen) atoms. The van der Waals surface area contributed by atoms with Crippen molar-refractivity contribution in [1.82, 2.24) is 4.90 Å². The van der Waals surface area contributed by atoms with E-state index < -0.39 is 0 Å². The quantitative estimate of drug-likeness (QED) is 0.818. The molecule has 0 amide bonds. The van der Waals surface area contributed by atoms with Gasteiger partial charge >= 0.3 is 0 Å². The molecule has 1 aliphatic rings. The topological polar surface area (TPSA) is 49.5 Å². The van der Waals surface area contributed by atoms with Gasteiger partial charge in [0.15, 0.2) is 0 Å². The van der Waals surface area contributed by atoms with E-state index in [2.05, 4.69) is 11.9 Å². The Balaban J connectivity index is 1.93. The molecule has 3 nitrogen and oxygen atoms in total. The van der Waals surface area contributed by atoms with Gasteiger partial charge in [0.25, 0.3) is 0 Å². The van der Waals surface area contributed by atoms with Crippen molar-refractivity contribution in [2.24, 2.45) is 11.7 Å². The minimum atomic E-state index is -0.0909. The van der Waals surface area contributed by atoms with Crippen LogP contribution in [0.5, 0.6) is 0 Å². The van der Waals surface area contributed by atoms with Gasteiger partial charge in [0.1, 0.15) is 4.99 Å². The van der Waals surface area contributed by atoms with Gasteiger partial charge in [0.05, 0.1) is 6.10 Å². The normalized spacial score (nSPS) is 22.3. The van der Waals surface area contributed by atoms with Crippen LogP contribution in [-0.2, 0) is 6.54 Å². The highest BCUT2D eigenvalue weighted by molar-refractivity contribution is 7.80. The zero-order valence-electron chi connectivity index (χ0n) is 11.0. The number of aliphatic hydroxyl groups excluding tert-OH is 1. The molecule has 0 saturated heterocycles. The Morgan fingerprint density at radius 3 is 2.74 bits per heavy atom. The Labute approximate surface area is 124 Å². The van der Waals surface area contributed by atoms with Crippen molar-refractivity contribution < 1.29 is 5.11 Å². The third kappa shape index (κ3) is 3.89. The van der Waals surface area contributed by atoms with Gasteiger partial charge in [-0.15, -0.1) is 0 Å². The molecule has 0 unspecified atom stereocenters. The molecule has 1 saturated carbocycles. The lowest BCUT2D eigenvalue weighted by Crippen LogP contribution is -2.36. The van der Waals surface area contributed by atoms with Gasteiger partial charge in [-0.3, -0.25) is 0 Å². The Morgan fingerprint density at radius 1 is 1.53 bits per heavy atom. The number of nitrogens with zero attached hydrogens (tertiary/aromatic N) is 1. The molecule has 3 N–H and O–H groups in total. The van der Waals surface area contributed by atoms with Crippen LogP contribution in [0.25, 0.3) is 0 Å². The van der Waals surface area contributed by atoms with E-state index in [1.54, 1.807) is 0 Å². The van der Waals surface area contributed by atoms with E-state index >= 15 is 0 Å². The second-order valence-electron chi connectivity index (χ2n) is 5.36. The van der Waals surface area contributed by atoms with E-state index in [4.69, 9.17) is 29.6 Å². The summed E-state index contributed by atoms with van der Waals surface area (Å²) in [6.45, 7) is 1.79. The zero-order valence-corrected chi connectivity index (χ0v) is 12.5. The minimum absolute atomic E-state index is 0.0909. The average Bonchev–Trinajstić information content (AvgIpc) is 2.29. The van der Waals surface area contributed by atoms with Gasteiger partial charge in [-0.05, 0) is 37.4 Å². The second-order valence-corrected chi connectivity index (χ2v) is 6.21. The number of hydrogen-bond acceptors (Lipinski definition) is 3. The molecule has 104 valence electrons. The fraction of sp³-hybridized carbons (Fsp3) is 0.500. The summed E-state index contributed by atoms with van der Waals surface area (Å²) in [5.41, 5.74) is 7.45. The highest BCUT2D eigenvalue weighted by atomic mass is 35.5. The maximum absolute atomic E-state index is 9.28. The van der Waals surface area contributed by atoms with E-state index in [0.29, 0.717) is 15.9 Å². The highest BCUT2D eigenvalue weighted by Gasteiger charge is 2.27. The van der Waals surface area contributed by atoms with Crippen molar-refractivity contribution in [3.05, 3.63) is 34.3 Å². The Kier molecular flexibility index (Phi) is 4.79. The summed E-state index contributed by atoms with van der Waals surface area (Å²) in [6, 6.07) is 5.70. The number of rotatable bonds is 5. The predicted octanol–water partition coefficient (Wildman–Crippen LogP) is 2.18. The summed E-state index contributed by atoms with van der Waals surface area (Å²) >= 11 is 11.2. The summed E-state index contributed by atoms with van der Waals surface area (Å²) in [6.07, 6.45) is 1.74. The van der Waals surface area contributed by atoms with Gasteiger partial charge in [-0.1, -0.05) is 36.0 Å². The first kappa shape index (κ1) is 14.7. The molecule has 1 aromatic rings. The molecule has 0 aromatic heterocycles. The number of nitrogens with two attached hydrogens (primary N) is 1. The van der Waals surface area contributed by atoms with Gasteiger partial charge in [0.2, 0.25) is 0 Å². The molecule has 5 heteroatoms. The van der Waals surface area contributed by atoms with Gasteiger partial charge in [0, 0.05) is 23.7 Å². The summed E-state index contributed by atoms with van der Waals surface area (Å²) in [5, 5.41) is 9.98. The van der Waals surface area contributed by atoms with E-state index in [9.17, 15) is 5.11 Å². The molecule has 1 aromatic carbocycles. The number of benzene rings is 1. The van der Waals surface area contributed by atoms with E-state index in [1.807, 2.05) is 18.2 Å². The Hall–Kier alpha value is -0.680. The monoisotopic (exact) mass is 298 g/mol. The van der Waals surface area contributed by atoms with Crippen LogP contribution in [0.2, 0.25) is 5.02 Å². The molecule has 0 spiro atoms. The maximum Gasteiger partial charge on any atom is 0.104 e. The molecule has 0 aliphatic heterocycles. The molecular weight excluding hydrogens is 280 g/mol. The highest BCUT2D eigenvalue weighted by Crippen LogP contribution is 2.28. The SMILES string of the molecule is CN(Cc1ccc(C(N)=S)cc1Cl)CC1CC(O)C1. The van der Waals surface area contributed by atoms with Crippen LogP contribution in [0.4, 0.5) is 0 Å². The first-order chi connectivity index (χ1) is 8.95. The third-order valence-electron chi connectivity index (χ3n) is 3.56. The molecule has 0 radical (unpaired) electrons. The lowest BCUT2D eigenvalue weighted by Gasteiger charge is -2.34. The Bertz CT molecular complexity index is 475. The van der Waals surface area contributed by atoms with Crippen molar-refractivity contribution >= 4 is 28.8 Å². The van der Waals surface area contributed by atoms with Crippen molar-refractivity contribution in [2.45, 2.75) is 25.5 Å². The van der Waals surface area contributed by atoms with Crippen LogP contribution in [-0.4, -0.2) is 34.7 Å². The smallest absolute Gasteiger partial charge is 0.104 e. The van der Waals surface area contributed by atoms with Crippen LogP contribution in [0.15, 0.2) is 18.2 Å². The van der Waals surface area contributed by atoms with E-state index in [0.717, 1.165) is 37.1 Å². The van der Waals surface area contributed by atoms with Crippen molar-refractivity contribution in [3.63, 3.8) is 0 Å². The van der Waals surface area contributed by atoms with Crippen LogP contribution in [0.1, 0.15) is 24.0 Å². The molecule has 0 bridgehead atoms. The van der Waals surface area contributed by atoms with Crippen molar-refractivity contribution in [1.29, 1.82) is 0 Å². The zero-order chi connectivity index (χ0) is 14.0. The van der Waals surface area contributed by atoms with Gasteiger partial charge < -0.3 is 15.7 Å². The summed E-state index contributed by atoms with van der Waals surface area (Å²) in [7, 11) is 2.07. The van der Waals surface area contributed by atoms with Crippen LogP contribution in [0.3, 0.4) is 0 Å². The fourth-order valence-electron chi connectivity index (χ4n) is 2.47. The number of halogens is 1. The first-order valence-corrected chi connectivity index (χ1v) is 7.19. The molecule has 0 atom stereocenters. The van der Waals surface area contributed by atoms with Gasteiger partial charge in [-0.2, -0.15) is 0 Å². The molecular formula is C14H19ClN2OS. The van der Waals surface area contributed by atoms with E-state index in [1.165, 1.54) is 0 Å². The van der Waals surface area contributed by atoms with Crippen molar-refractivity contribution in [3.8, 4) is 0 Å². The predicted molar refractivity (Wildman–Crippen MR) is 82.4 cm³/mol. The fourth-order valence-corrected chi connectivity index (χ4v) is 2.84. The number of aliphatic hydroxyl groups is 1. The number of thiocarbonyl (C=S) groups is 1. The van der Waals surface area contributed by atoms with Crippen molar-refractivity contribution in [2.75, 3.05) is 13.6 Å². The molecule has 2 rings (SSSR count). The molecule has 1 fully saturated rings. The lowest BCUT2D eigenvalue weighted by atomic mass is 9.82.